The average molecular weight is 172 g/mol. The molecule has 1 unspecified atom stereocenters. The molecule has 1 aliphatic rings. The predicted octanol–water partition coefficient (Wildman–Crippen LogP) is -1.56. The number of nitrogens with one attached hydrogen (secondary N) is 3. The van der Waals surface area contributed by atoms with Crippen LogP contribution in [0.15, 0.2) is 0 Å². The molecular formula is C6H12N4O2. The van der Waals surface area contributed by atoms with Crippen molar-refractivity contribution in [3.8, 4) is 0 Å². The maximum atomic E-state index is 10.7. The number of rotatable bonds is 2. The fourth-order valence-electron chi connectivity index (χ4n) is 1.10. The molecule has 0 aromatic heterocycles. The summed E-state index contributed by atoms with van der Waals surface area (Å²) in [7, 11) is 0. The number of carbonyl (C=O) groups is 2. The smallest absolute Gasteiger partial charge is 0.328 e. The lowest BCUT2D eigenvalue weighted by molar-refractivity contribution is -0.119. The zero-order valence-corrected chi connectivity index (χ0v) is 6.59. The van der Waals surface area contributed by atoms with E-state index >= 15 is 0 Å². The number of hydrogen-bond donors (Lipinski definition) is 4. The molecule has 0 spiro atoms. The molecule has 3 amide bonds. The largest absolute Gasteiger partial charge is 0.352 e. The predicted molar refractivity (Wildman–Crippen MR) is 41.9 cm³/mol. The fraction of sp³-hybridized carbons (Fsp3) is 0.667. The lowest BCUT2D eigenvalue weighted by atomic mass is 10.2. The number of hydrazine groups is 1. The van der Waals surface area contributed by atoms with Gasteiger partial charge in [-0.2, -0.15) is 0 Å². The maximum Gasteiger partial charge on any atom is 0.328 e. The van der Waals surface area contributed by atoms with Gasteiger partial charge < -0.3 is 10.6 Å². The minimum atomic E-state index is -0.434. The van der Waals surface area contributed by atoms with Gasteiger partial charge in [0.25, 0.3) is 0 Å². The molecular weight excluding hydrogens is 160 g/mol. The van der Waals surface area contributed by atoms with Crippen LogP contribution in [0.2, 0.25) is 0 Å². The van der Waals surface area contributed by atoms with Gasteiger partial charge in [-0.05, 0) is 6.42 Å². The zero-order chi connectivity index (χ0) is 8.97. The Morgan fingerprint density at radius 3 is 3.00 bits per heavy atom. The van der Waals surface area contributed by atoms with Gasteiger partial charge in [-0.3, -0.25) is 10.2 Å². The van der Waals surface area contributed by atoms with Crippen molar-refractivity contribution in [2.75, 3.05) is 6.54 Å². The van der Waals surface area contributed by atoms with E-state index < -0.39 is 6.03 Å². The minimum absolute atomic E-state index is 0.0370. The first-order valence-corrected chi connectivity index (χ1v) is 3.76. The molecule has 0 radical (unpaired) electrons. The molecule has 1 atom stereocenters. The topological polar surface area (TPSA) is 96.2 Å². The molecule has 0 bridgehead atoms. The molecule has 6 nitrogen and oxygen atoms in total. The van der Waals surface area contributed by atoms with E-state index in [1.807, 2.05) is 5.43 Å². The van der Waals surface area contributed by atoms with E-state index in [4.69, 9.17) is 5.84 Å². The van der Waals surface area contributed by atoms with Crippen molar-refractivity contribution < 1.29 is 9.59 Å². The molecule has 1 saturated heterocycles. The quantitative estimate of drug-likeness (QED) is 0.230. The summed E-state index contributed by atoms with van der Waals surface area (Å²) in [5, 5.41) is 5.22. The van der Waals surface area contributed by atoms with Crippen molar-refractivity contribution in [3.63, 3.8) is 0 Å². The van der Waals surface area contributed by atoms with Crippen molar-refractivity contribution in [2.24, 2.45) is 5.84 Å². The van der Waals surface area contributed by atoms with Crippen molar-refractivity contribution >= 4 is 11.9 Å². The van der Waals surface area contributed by atoms with Gasteiger partial charge in [0.2, 0.25) is 5.91 Å². The third kappa shape index (κ3) is 2.39. The molecule has 0 aromatic carbocycles. The number of hydrogen-bond acceptors (Lipinski definition) is 3. The highest BCUT2D eigenvalue weighted by atomic mass is 16.2. The molecule has 1 fully saturated rings. The number of urea groups is 1. The summed E-state index contributed by atoms with van der Waals surface area (Å²) in [6.45, 7) is 0.425. The monoisotopic (exact) mass is 172 g/mol. The first-order valence-electron chi connectivity index (χ1n) is 3.76. The van der Waals surface area contributed by atoms with Crippen LogP contribution in [-0.2, 0) is 4.79 Å². The molecule has 1 aliphatic heterocycles. The van der Waals surface area contributed by atoms with Crippen LogP contribution >= 0.6 is 0 Å². The van der Waals surface area contributed by atoms with Gasteiger partial charge in [0.1, 0.15) is 0 Å². The Labute approximate surface area is 69.8 Å². The minimum Gasteiger partial charge on any atom is -0.352 e. The lowest BCUT2D eigenvalue weighted by Gasteiger charge is -2.10. The normalized spacial score (nSPS) is 21.8. The SMILES string of the molecule is NNC(=O)NCC1CCC(=O)N1. The van der Waals surface area contributed by atoms with Crippen LogP contribution in [0, 0.1) is 0 Å². The average Bonchev–Trinajstić information content (AvgIpc) is 2.47. The van der Waals surface area contributed by atoms with Crippen LogP contribution in [0.25, 0.3) is 0 Å². The first kappa shape index (κ1) is 8.79. The van der Waals surface area contributed by atoms with Gasteiger partial charge in [0, 0.05) is 19.0 Å². The van der Waals surface area contributed by atoms with Crippen LogP contribution < -0.4 is 21.9 Å². The van der Waals surface area contributed by atoms with E-state index in [1.165, 1.54) is 0 Å². The molecule has 12 heavy (non-hydrogen) atoms. The Morgan fingerprint density at radius 1 is 1.75 bits per heavy atom. The van der Waals surface area contributed by atoms with Crippen molar-refractivity contribution in [3.05, 3.63) is 0 Å². The summed E-state index contributed by atoms with van der Waals surface area (Å²) in [4.78, 5) is 21.3. The van der Waals surface area contributed by atoms with Gasteiger partial charge >= 0.3 is 6.03 Å². The van der Waals surface area contributed by atoms with Gasteiger partial charge in [-0.1, -0.05) is 0 Å². The summed E-state index contributed by atoms with van der Waals surface area (Å²) in [5.74, 6) is 4.87. The van der Waals surface area contributed by atoms with Gasteiger partial charge in [0.15, 0.2) is 0 Å². The summed E-state index contributed by atoms with van der Waals surface area (Å²) in [5.41, 5.74) is 1.94. The molecule has 1 heterocycles. The van der Waals surface area contributed by atoms with Gasteiger partial charge in [-0.15, -0.1) is 0 Å². The second-order valence-corrected chi connectivity index (χ2v) is 2.66. The molecule has 0 aromatic rings. The molecule has 0 aliphatic carbocycles. The maximum absolute atomic E-state index is 10.7. The van der Waals surface area contributed by atoms with Crippen molar-refractivity contribution in [1.29, 1.82) is 0 Å². The Bertz CT molecular complexity index is 194. The summed E-state index contributed by atoms with van der Waals surface area (Å²) in [6.07, 6.45) is 1.31. The highest BCUT2D eigenvalue weighted by Crippen LogP contribution is 2.04. The highest BCUT2D eigenvalue weighted by Gasteiger charge is 2.20. The van der Waals surface area contributed by atoms with Crippen molar-refractivity contribution in [2.45, 2.75) is 18.9 Å². The van der Waals surface area contributed by atoms with Gasteiger partial charge in [-0.25, -0.2) is 10.6 Å². The molecule has 5 N–H and O–H groups in total. The van der Waals surface area contributed by atoms with Crippen LogP contribution in [0.3, 0.4) is 0 Å². The second-order valence-electron chi connectivity index (χ2n) is 2.66. The number of nitrogens with two attached hydrogens (primary N) is 1. The van der Waals surface area contributed by atoms with Crippen LogP contribution in [0.4, 0.5) is 4.79 Å². The second kappa shape index (κ2) is 3.91. The van der Waals surface area contributed by atoms with Crippen molar-refractivity contribution in [1.82, 2.24) is 16.1 Å². The summed E-state index contributed by atoms with van der Waals surface area (Å²) >= 11 is 0. The highest BCUT2D eigenvalue weighted by molar-refractivity contribution is 5.78. The molecule has 6 heteroatoms. The number of amides is 3. The third-order valence-corrected chi connectivity index (χ3v) is 1.73. The zero-order valence-electron chi connectivity index (χ0n) is 6.59. The Balaban J connectivity index is 2.16. The van der Waals surface area contributed by atoms with E-state index in [9.17, 15) is 9.59 Å². The molecule has 68 valence electrons. The van der Waals surface area contributed by atoms with Gasteiger partial charge in [0.05, 0.1) is 0 Å². The standard InChI is InChI=1S/C6H12N4O2/c7-10-6(12)8-3-4-1-2-5(11)9-4/h4H,1-3,7H2,(H,9,11)(H2,8,10,12). The third-order valence-electron chi connectivity index (χ3n) is 1.73. The van der Waals surface area contributed by atoms with E-state index in [0.717, 1.165) is 6.42 Å². The van der Waals surface area contributed by atoms with E-state index in [0.29, 0.717) is 13.0 Å². The fourth-order valence-corrected chi connectivity index (χ4v) is 1.10. The van der Waals surface area contributed by atoms with E-state index in [2.05, 4.69) is 10.6 Å². The van der Waals surface area contributed by atoms with Crippen LogP contribution in [0.1, 0.15) is 12.8 Å². The van der Waals surface area contributed by atoms with E-state index in [-0.39, 0.29) is 11.9 Å². The summed E-state index contributed by atoms with van der Waals surface area (Å²) in [6, 6.07) is -0.383. The van der Waals surface area contributed by atoms with Crippen LogP contribution in [0.5, 0.6) is 0 Å². The van der Waals surface area contributed by atoms with E-state index in [1.54, 1.807) is 0 Å². The molecule has 0 saturated carbocycles. The first-order chi connectivity index (χ1) is 5.72. The van der Waals surface area contributed by atoms with Crippen LogP contribution in [-0.4, -0.2) is 24.5 Å². The lowest BCUT2D eigenvalue weighted by Crippen LogP contribution is -2.45. The summed E-state index contributed by atoms with van der Waals surface area (Å²) < 4.78 is 0. The Morgan fingerprint density at radius 2 is 2.50 bits per heavy atom. The molecule has 1 rings (SSSR count). The Kier molecular flexibility index (Phi) is 2.87. The Hall–Kier alpha value is -1.30. The number of carbonyl (C=O) groups excluding carboxylic acids is 2.